The summed E-state index contributed by atoms with van der Waals surface area (Å²) in [7, 11) is 2.89. The van der Waals surface area contributed by atoms with Crippen molar-refractivity contribution in [2.75, 3.05) is 0 Å². The van der Waals surface area contributed by atoms with Crippen LogP contribution in [0.2, 0.25) is 0 Å². The molecule has 1 saturated heterocycles. The maximum absolute atomic E-state index is 11.7. The lowest BCUT2D eigenvalue weighted by Crippen LogP contribution is -2.58. The summed E-state index contributed by atoms with van der Waals surface area (Å²) in [6.07, 6.45) is 2.04. The van der Waals surface area contributed by atoms with Crippen LogP contribution in [0.25, 0.3) is 0 Å². The summed E-state index contributed by atoms with van der Waals surface area (Å²) in [5.74, 6) is -1.20. The average Bonchev–Trinajstić information content (AvgIpc) is 2.40. The van der Waals surface area contributed by atoms with Crippen molar-refractivity contribution >= 4 is 33.5 Å². The van der Waals surface area contributed by atoms with Gasteiger partial charge in [0.05, 0.1) is 11.8 Å². The number of aromatic nitrogens is 1. The molecule has 0 spiro atoms. The van der Waals surface area contributed by atoms with E-state index in [4.69, 9.17) is 0 Å². The van der Waals surface area contributed by atoms with Gasteiger partial charge in [-0.3, -0.25) is 4.79 Å². The molecule has 2 unspecified atom stereocenters. The molecule has 5 nitrogen and oxygen atoms in total. The van der Waals surface area contributed by atoms with Gasteiger partial charge in [-0.25, -0.2) is 9.78 Å². The molecule has 0 bridgehead atoms. The smallest absolute Gasteiger partial charge is 0.330 e. The number of pyridine rings is 1. The van der Waals surface area contributed by atoms with Gasteiger partial charge in [0.25, 0.3) is 0 Å². The third-order valence-electron chi connectivity index (χ3n) is 2.81. The van der Waals surface area contributed by atoms with Crippen LogP contribution in [0.1, 0.15) is 13.3 Å². The van der Waals surface area contributed by atoms with Crippen LogP contribution in [0.15, 0.2) is 41.6 Å². The summed E-state index contributed by atoms with van der Waals surface area (Å²) in [6.45, 7) is 5.29. The third kappa shape index (κ3) is 3.16. The van der Waals surface area contributed by atoms with E-state index < -0.39 is 12.0 Å². The van der Waals surface area contributed by atoms with E-state index in [1.807, 2.05) is 18.2 Å². The number of β-lactam (4-membered cyclic amide) rings is 1. The Kier molecular flexibility index (Phi) is 4.72. The fourth-order valence-corrected chi connectivity index (χ4v) is 4.26. The van der Waals surface area contributed by atoms with E-state index in [-0.39, 0.29) is 11.3 Å². The second kappa shape index (κ2) is 6.32. The maximum Gasteiger partial charge on any atom is 0.330 e. The lowest BCUT2D eigenvalue weighted by atomic mass is 10.0. The monoisotopic (exact) mass is 310 g/mol. The van der Waals surface area contributed by atoms with Crippen LogP contribution in [-0.2, 0) is 9.59 Å². The fraction of sp³-hybridized carbons (Fsp3) is 0.308. The molecule has 1 N–H and O–H groups in total. The van der Waals surface area contributed by atoms with E-state index in [9.17, 15) is 14.7 Å². The van der Waals surface area contributed by atoms with Crippen LogP contribution in [0.3, 0.4) is 0 Å². The Morgan fingerprint density at radius 1 is 1.60 bits per heavy atom. The highest BCUT2D eigenvalue weighted by Gasteiger charge is 2.44. The minimum Gasteiger partial charge on any atom is -0.479 e. The van der Waals surface area contributed by atoms with E-state index in [0.717, 1.165) is 5.03 Å². The summed E-state index contributed by atoms with van der Waals surface area (Å²) >= 11 is 0. The number of rotatable bonds is 6. The SMILES string of the molecule is C=C(C)C(C(=O)O)N1C(=O)CC1SSc1ccccn1. The third-order valence-corrected chi connectivity index (χ3v) is 5.40. The Bertz CT molecular complexity index is 522. The van der Waals surface area contributed by atoms with Crippen LogP contribution >= 0.6 is 21.6 Å². The van der Waals surface area contributed by atoms with Crippen molar-refractivity contribution in [3.63, 3.8) is 0 Å². The Hall–Kier alpha value is -1.47. The molecule has 1 fully saturated rings. The number of carbonyl (C=O) groups excluding carboxylic acids is 1. The standard InChI is InChI=1S/C13H14N2O3S2/c1-8(2)12(13(17)18)15-10(16)7-11(15)20-19-9-5-3-4-6-14-9/h3-6,11-12H,1,7H2,2H3,(H,17,18). The van der Waals surface area contributed by atoms with Gasteiger partial charge in [-0.05, 0) is 35.4 Å². The Labute approximate surface area is 124 Å². The van der Waals surface area contributed by atoms with Crippen molar-refractivity contribution in [3.05, 3.63) is 36.5 Å². The summed E-state index contributed by atoms with van der Waals surface area (Å²) in [5, 5.41) is 9.89. The number of carboxylic acid groups (broad SMARTS) is 1. The number of nitrogens with zero attached hydrogens (tertiary/aromatic N) is 2. The molecule has 1 amide bonds. The van der Waals surface area contributed by atoms with Gasteiger partial charge in [0, 0.05) is 6.20 Å². The molecule has 2 atom stereocenters. The number of hydrogen-bond acceptors (Lipinski definition) is 5. The highest BCUT2D eigenvalue weighted by atomic mass is 33.1. The highest BCUT2D eigenvalue weighted by Crippen LogP contribution is 2.42. The van der Waals surface area contributed by atoms with E-state index in [0.29, 0.717) is 12.0 Å². The average molecular weight is 310 g/mol. The number of amides is 1. The molecule has 106 valence electrons. The van der Waals surface area contributed by atoms with Crippen molar-refractivity contribution in [3.8, 4) is 0 Å². The van der Waals surface area contributed by atoms with Crippen molar-refractivity contribution in [1.82, 2.24) is 9.88 Å². The quantitative estimate of drug-likeness (QED) is 0.494. The fourth-order valence-electron chi connectivity index (χ4n) is 1.86. The molecule has 0 aliphatic carbocycles. The van der Waals surface area contributed by atoms with Gasteiger partial charge >= 0.3 is 5.97 Å². The first-order valence-electron chi connectivity index (χ1n) is 5.94. The molecule has 0 saturated carbocycles. The van der Waals surface area contributed by atoms with E-state index in [2.05, 4.69) is 11.6 Å². The lowest BCUT2D eigenvalue weighted by molar-refractivity contribution is -0.155. The summed E-state index contributed by atoms with van der Waals surface area (Å²) in [6, 6.07) is 4.64. The van der Waals surface area contributed by atoms with Gasteiger partial charge in [0.2, 0.25) is 5.91 Å². The van der Waals surface area contributed by atoms with Crippen LogP contribution in [0.4, 0.5) is 0 Å². The molecule has 1 aromatic heterocycles. The zero-order chi connectivity index (χ0) is 14.7. The number of aliphatic carboxylic acids is 1. The lowest BCUT2D eigenvalue weighted by Gasteiger charge is -2.43. The molecule has 0 radical (unpaired) electrons. The molecule has 2 heterocycles. The topological polar surface area (TPSA) is 70.5 Å². The first-order chi connectivity index (χ1) is 9.50. The van der Waals surface area contributed by atoms with Gasteiger partial charge in [0.1, 0.15) is 5.03 Å². The van der Waals surface area contributed by atoms with E-state index >= 15 is 0 Å². The number of likely N-dealkylation sites (tertiary alicyclic amines) is 1. The zero-order valence-electron chi connectivity index (χ0n) is 10.9. The van der Waals surface area contributed by atoms with Crippen molar-refractivity contribution < 1.29 is 14.7 Å². The molecule has 0 aromatic carbocycles. The van der Waals surface area contributed by atoms with Crippen LogP contribution in [-0.4, -0.2) is 38.3 Å². The van der Waals surface area contributed by atoms with Crippen LogP contribution in [0, 0.1) is 0 Å². The second-order valence-corrected chi connectivity index (χ2v) is 6.79. The normalized spacial score (nSPS) is 19.4. The summed E-state index contributed by atoms with van der Waals surface area (Å²) < 4.78 is 0. The van der Waals surface area contributed by atoms with E-state index in [1.165, 1.54) is 26.5 Å². The molecule has 7 heteroatoms. The summed E-state index contributed by atoms with van der Waals surface area (Å²) in [4.78, 5) is 28.5. The largest absolute Gasteiger partial charge is 0.479 e. The molecular weight excluding hydrogens is 296 g/mol. The van der Waals surface area contributed by atoms with Gasteiger partial charge in [-0.1, -0.05) is 23.4 Å². The summed E-state index contributed by atoms with van der Waals surface area (Å²) in [5.41, 5.74) is 0.457. The number of carbonyl (C=O) groups is 2. The molecule has 1 aliphatic heterocycles. The van der Waals surface area contributed by atoms with Crippen LogP contribution in [0.5, 0.6) is 0 Å². The predicted molar refractivity (Wildman–Crippen MR) is 79.2 cm³/mol. The van der Waals surface area contributed by atoms with E-state index in [1.54, 1.807) is 13.1 Å². The van der Waals surface area contributed by atoms with Gasteiger partial charge in [-0.2, -0.15) is 0 Å². The van der Waals surface area contributed by atoms with Crippen molar-refractivity contribution in [2.24, 2.45) is 0 Å². The first-order valence-corrected chi connectivity index (χ1v) is 8.15. The Balaban J connectivity index is 2.00. The van der Waals surface area contributed by atoms with Gasteiger partial charge in [-0.15, -0.1) is 0 Å². The second-order valence-electron chi connectivity index (χ2n) is 4.39. The first kappa shape index (κ1) is 14.9. The van der Waals surface area contributed by atoms with Crippen molar-refractivity contribution in [2.45, 2.75) is 29.8 Å². The van der Waals surface area contributed by atoms with Crippen LogP contribution < -0.4 is 0 Å². The molecule has 20 heavy (non-hydrogen) atoms. The minimum absolute atomic E-state index is 0.153. The molecule has 1 aromatic rings. The molecule has 1 aliphatic rings. The Morgan fingerprint density at radius 2 is 2.35 bits per heavy atom. The molecular formula is C13H14N2O3S2. The van der Waals surface area contributed by atoms with Gasteiger partial charge < -0.3 is 10.0 Å². The molecule has 2 rings (SSSR count). The zero-order valence-corrected chi connectivity index (χ0v) is 12.5. The number of carboxylic acids is 1. The Morgan fingerprint density at radius 3 is 2.85 bits per heavy atom. The van der Waals surface area contributed by atoms with Crippen molar-refractivity contribution in [1.29, 1.82) is 0 Å². The van der Waals surface area contributed by atoms with Gasteiger partial charge in [0.15, 0.2) is 6.04 Å². The highest BCUT2D eigenvalue weighted by molar-refractivity contribution is 8.76. The number of hydrogen-bond donors (Lipinski definition) is 1. The minimum atomic E-state index is -1.04. The maximum atomic E-state index is 11.7. The predicted octanol–water partition coefficient (Wildman–Crippen LogP) is 2.41.